The van der Waals surface area contributed by atoms with Gasteiger partial charge in [-0.2, -0.15) is 0 Å². The summed E-state index contributed by atoms with van der Waals surface area (Å²) in [7, 11) is 0. The summed E-state index contributed by atoms with van der Waals surface area (Å²) in [6.07, 6.45) is 0. The van der Waals surface area contributed by atoms with Gasteiger partial charge in [0.05, 0.1) is 5.02 Å². The third kappa shape index (κ3) is 3.19. The number of nitrogen functional groups attached to an aromatic ring is 1. The molecule has 0 radical (unpaired) electrons. The van der Waals surface area contributed by atoms with E-state index in [1.54, 1.807) is 6.07 Å². The second-order valence-electron chi connectivity index (χ2n) is 3.68. The van der Waals surface area contributed by atoms with E-state index in [-0.39, 0.29) is 0 Å². The number of ether oxygens (including phenoxy) is 1. The number of anilines is 1. The Kier molecular flexibility index (Phi) is 4.54. The smallest absolute Gasteiger partial charge is 0.139 e. The molecule has 0 heterocycles. The van der Waals surface area contributed by atoms with Crippen molar-refractivity contribution in [3.05, 3.63) is 55.9 Å². The average Bonchev–Trinajstić information content (AvgIpc) is 2.35. The fourth-order valence-electron chi connectivity index (χ4n) is 1.45. The van der Waals surface area contributed by atoms with E-state index in [2.05, 4.69) is 31.9 Å². The van der Waals surface area contributed by atoms with Gasteiger partial charge in [0.25, 0.3) is 0 Å². The molecule has 0 aliphatic carbocycles. The topological polar surface area (TPSA) is 35.2 Å². The van der Waals surface area contributed by atoms with Gasteiger partial charge in [0.1, 0.15) is 12.4 Å². The first kappa shape index (κ1) is 13.7. The van der Waals surface area contributed by atoms with E-state index in [4.69, 9.17) is 22.1 Å². The Morgan fingerprint density at radius 3 is 2.72 bits per heavy atom. The first-order valence-corrected chi connectivity index (χ1v) is 7.15. The summed E-state index contributed by atoms with van der Waals surface area (Å²) in [5, 5.41) is 0.582. The van der Waals surface area contributed by atoms with Gasteiger partial charge in [-0.1, -0.05) is 39.7 Å². The molecule has 5 heteroatoms. The molecule has 0 saturated heterocycles. The van der Waals surface area contributed by atoms with E-state index in [9.17, 15) is 0 Å². The molecule has 0 fully saturated rings. The molecule has 2 N–H and O–H groups in total. The van der Waals surface area contributed by atoms with Crippen LogP contribution in [-0.2, 0) is 6.61 Å². The second kappa shape index (κ2) is 5.95. The van der Waals surface area contributed by atoms with Gasteiger partial charge < -0.3 is 10.5 Å². The van der Waals surface area contributed by atoms with Crippen LogP contribution in [0.5, 0.6) is 5.75 Å². The van der Waals surface area contributed by atoms with E-state index >= 15 is 0 Å². The Hall–Kier alpha value is -0.710. The van der Waals surface area contributed by atoms with Crippen molar-refractivity contribution in [3.8, 4) is 5.75 Å². The lowest BCUT2D eigenvalue weighted by Crippen LogP contribution is -1.99. The lowest BCUT2D eigenvalue weighted by Gasteiger charge is -2.10. The van der Waals surface area contributed by atoms with Gasteiger partial charge >= 0.3 is 0 Å². The maximum absolute atomic E-state index is 6.05. The summed E-state index contributed by atoms with van der Waals surface area (Å²) in [4.78, 5) is 0. The fourth-order valence-corrected chi connectivity index (χ4v) is 2.35. The number of nitrogens with two attached hydrogens (primary N) is 1. The van der Waals surface area contributed by atoms with Crippen molar-refractivity contribution in [1.29, 1.82) is 0 Å². The molecular formula is C13H10Br2ClNO. The first-order chi connectivity index (χ1) is 8.58. The Morgan fingerprint density at radius 1 is 1.17 bits per heavy atom. The molecule has 2 aromatic rings. The highest BCUT2D eigenvalue weighted by molar-refractivity contribution is 9.11. The zero-order valence-corrected chi connectivity index (χ0v) is 13.2. The third-order valence-corrected chi connectivity index (χ3v) is 4.16. The van der Waals surface area contributed by atoms with E-state index < -0.39 is 0 Å². The minimum absolute atomic E-state index is 0.405. The molecule has 2 aromatic carbocycles. The Balaban J connectivity index is 2.16. The minimum atomic E-state index is 0.405. The van der Waals surface area contributed by atoms with E-state index in [1.165, 1.54) is 0 Å². The zero-order valence-electron chi connectivity index (χ0n) is 9.29. The molecule has 0 bridgehead atoms. The van der Waals surface area contributed by atoms with Crippen LogP contribution in [0.2, 0.25) is 5.02 Å². The van der Waals surface area contributed by atoms with Crippen molar-refractivity contribution in [2.45, 2.75) is 6.61 Å². The summed E-state index contributed by atoms with van der Waals surface area (Å²) in [6.45, 7) is 0.405. The maximum atomic E-state index is 6.05. The molecule has 2 nitrogen and oxygen atoms in total. The van der Waals surface area contributed by atoms with Crippen molar-refractivity contribution < 1.29 is 4.74 Å². The molecule has 0 spiro atoms. The number of hydrogen-bond donors (Lipinski definition) is 1. The summed E-state index contributed by atoms with van der Waals surface area (Å²) in [5.74, 6) is 0.639. The normalized spacial score (nSPS) is 10.4. The van der Waals surface area contributed by atoms with E-state index in [1.807, 2.05) is 30.3 Å². The molecule has 0 unspecified atom stereocenters. The molecule has 0 aliphatic rings. The molecule has 18 heavy (non-hydrogen) atoms. The van der Waals surface area contributed by atoms with Crippen LogP contribution in [0.1, 0.15) is 5.56 Å². The van der Waals surface area contributed by atoms with Crippen molar-refractivity contribution in [3.63, 3.8) is 0 Å². The van der Waals surface area contributed by atoms with Crippen LogP contribution in [-0.4, -0.2) is 0 Å². The van der Waals surface area contributed by atoms with Crippen molar-refractivity contribution in [2.24, 2.45) is 0 Å². The van der Waals surface area contributed by atoms with Crippen LogP contribution in [0.15, 0.2) is 45.3 Å². The van der Waals surface area contributed by atoms with Crippen LogP contribution < -0.4 is 10.5 Å². The number of rotatable bonds is 3. The van der Waals surface area contributed by atoms with Gasteiger partial charge in [-0.25, -0.2) is 0 Å². The van der Waals surface area contributed by atoms with Crippen LogP contribution in [0.3, 0.4) is 0 Å². The maximum Gasteiger partial charge on any atom is 0.139 e. The van der Waals surface area contributed by atoms with Crippen molar-refractivity contribution in [1.82, 2.24) is 0 Å². The van der Waals surface area contributed by atoms with Gasteiger partial charge in [-0.3, -0.25) is 0 Å². The van der Waals surface area contributed by atoms with Gasteiger partial charge in [0.2, 0.25) is 0 Å². The summed E-state index contributed by atoms with van der Waals surface area (Å²) in [6, 6.07) is 11.2. The van der Waals surface area contributed by atoms with E-state index in [0.717, 1.165) is 14.5 Å². The molecule has 0 amide bonds. The molecule has 94 valence electrons. The molecule has 0 atom stereocenters. The number of halogens is 3. The summed E-state index contributed by atoms with van der Waals surface area (Å²) < 4.78 is 7.47. The second-order valence-corrected chi connectivity index (χ2v) is 5.80. The highest BCUT2D eigenvalue weighted by atomic mass is 79.9. The minimum Gasteiger partial charge on any atom is -0.487 e. The van der Waals surface area contributed by atoms with Gasteiger partial charge in [-0.15, -0.1) is 0 Å². The predicted octanol–water partition coefficient (Wildman–Crippen LogP) is 5.03. The fraction of sp³-hybridized carbons (Fsp3) is 0.0769. The van der Waals surface area contributed by atoms with Gasteiger partial charge in [0.15, 0.2) is 0 Å². The largest absolute Gasteiger partial charge is 0.487 e. The lowest BCUT2D eigenvalue weighted by molar-refractivity contribution is 0.305. The molecule has 2 rings (SSSR count). The summed E-state index contributed by atoms with van der Waals surface area (Å²) >= 11 is 12.9. The SMILES string of the molecule is Nc1cccc(COc2cc(Br)ccc2Cl)c1Br. The highest BCUT2D eigenvalue weighted by Gasteiger charge is 2.06. The molecular weight excluding hydrogens is 381 g/mol. The Labute approximate surface area is 127 Å². The first-order valence-electron chi connectivity index (χ1n) is 5.18. The van der Waals surface area contributed by atoms with Crippen LogP contribution in [0.25, 0.3) is 0 Å². The Bertz CT molecular complexity index is 573. The molecule has 0 aliphatic heterocycles. The van der Waals surface area contributed by atoms with Crippen molar-refractivity contribution in [2.75, 3.05) is 5.73 Å². The predicted molar refractivity (Wildman–Crippen MR) is 82.0 cm³/mol. The van der Waals surface area contributed by atoms with Crippen LogP contribution in [0, 0.1) is 0 Å². The lowest BCUT2D eigenvalue weighted by atomic mass is 10.2. The summed E-state index contributed by atoms with van der Waals surface area (Å²) in [5.41, 5.74) is 7.48. The van der Waals surface area contributed by atoms with Crippen molar-refractivity contribution >= 4 is 49.1 Å². The van der Waals surface area contributed by atoms with Gasteiger partial charge in [0, 0.05) is 20.2 Å². The number of benzene rings is 2. The molecule has 0 aromatic heterocycles. The zero-order chi connectivity index (χ0) is 13.1. The highest BCUT2D eigenvalue weighted by Crippen LogP contribution is 2.30. The van der Waals surface area contributed by atoms with E-state index in [0.29, 0.717) is 23.1 Å². The average molecular weight is 391 g/mol. The van der Waals surface area contributed by atoms with Gasteiger partial charge in [-0.05, 0) is 40.2 Å². The quantitative estimate of drug-likeness (QED) is 0.745. The van der Waals surface area contributed by atoms with Crippen LogP contribution in [0.4, 0.5) is 5.69 Å². The van der Waals surface area contributed by atoms with Crippen LogP contribution >= 0.6 is 43.5 Å². The number of hydrogen-bond acceptors (Lipinski definition) is 2. The Morgan fingerprint density at radius 2 is 1.94 bits per heavy atom. The molecule has 0 saturated carbocycles. The third-order valence-electron chi connectivity index (χ3n) is 2.38. The monoisotopic (exact) mass is 389 g/mol. The standard InChI is InChI=1S/C13H10Br2ClNO/c14-9-4-5-10(16)12(6-9)18-7-8-2-1-3-11(17)13(8)15/h1-6H,7,17H2.